The lowest BCUT2D eigenvalue weighted by Gasteiger charge is -2.30. The van der Waals surface area contributed by atoms with Crippen molar-refractivity contribution in [2.75, 3.05) is 21.3 Å². The van der Waals surface area contributed by atoms with E-state index in [0.29, 0.717) is 5.75 Å². The summed E-state index contributed by atoms with van der Waals surface area (Å²) in [6.45, 7) is 0. The number of nitrogens with zero attached hydrogens (tertiary/aromatic N) is 1. The lowest BCUT2D eigenvalue weighted by molar-refractivity contribution is -0.270. The summed E-state index contributed by atoms with van der Waals surface area (Å²) in [5, 5.41) is 10.6. The molecule has 0 saturated carbocycles. The molecule has 0 fully saturated rings. The molecule has 0 aliphatic rings. The standard InChI is InChI=1S/C25H22ClF4NO5/c1-34-19-7-5-14(13-21(19)36-3)18(32)10-11-24(33,25(28,29)30)22-9-8-20(35-2)23(31-22)15-4-6-17(27)16(26)12-15/h4-9,12-13,33H,10-11H2,1-3H3. The Morgan fingerprint density at radius 1 is 0.944 bits per heavy atom. The number of carbonyl (C=O) groups excluding carboxylic acids is 1. The average Bonchev–Trinajstić information content (AvgIpc) is 2.87. The van der Waals surface area contributed by atoms with Crippen LogP contribution in [0.5, 0.6) is 17.2 Å². The van der Waals surface area contributed by atoms with Crippen LogP contribution in [0.3, 0.4) is 0 Å². The second-order valence-electron chi connectivity index (χ2n) is 7.73. The van der Waals surface area contributed by atoms with Gasteiger partial charge in [0.1, 0.15) is 17.3 Å². The molecule has 6 nitrogen and oxygen atoms in total. The zero-order chi connectivity index (χ0) is 26.7. The molecular formula is C25H22ClF4NO5. The van der Waals surface area contributed by atoms with Gasteiger partial charge in [-0.05, 0) is 55.0 Å². The molecule has 0 saturated heterocycles. The number of rotatable bonds is 9. The van der Waals surface area contributed by atoms with Crippen LogP contribution in [0, 0.1) is 5.82 Å². The van der Waals surface area contributed by atoms with Crippen LogP contribution in [0.4, 0.5) is 17.6 Å². The van der Waals surface area contributed by atoms with Crippen molar-refractivity contribution in [2.45, 2.75) is 24.6 Å². The summed E-state index contributed by atoms with van der Waals surface area (Å²) in [5.74, 6) is -0.730. The molecule has 11 heteroatoms. The first kappa shape index (κ1) is 27.2. The average molecular weight is 528 g/mol. The van der Waals surface area contributed by atoms with E-state index in [2.05, 4.69) is 4.98 Å². The molecule has 1 heterocycles. The van der Waals surface area contributed by atoms with Gasteiger partial charge in [0.2, 0.25) is 5.60 Å². The molecule has 1 atom stereocenters. The van der Waals surface area contributed by atoms with Crippen LogP contribution in [-0.4, -0.2) is 43.4 Å². The summed E-state index contributed by atoms with van der Waals surface area (Å²) in [4.78, 5) is 16.7. The summed E-state index contributed by atoms with van der Waals surface area (Å²) in [5.41, 5.74) is -4.06. The number of alkyl halides is 3. The minimum absolute atomic E-state index is 0.0763. The molecule has 0 aliphatic carbocycles. The van der Waals surface area contributed by atoms with Crippen LogP contribution in [0.1, 0.15) is 28.9 Å². The predicted molar refractivity (Wildman–Crippen MR) is 124 cm³/mol. The van der Waals surface area contributed by atoms with Gasteiger partial charge in [0.05, 0.1) is 32.0 Å². The van der Waals surface area contributed by atoms with E-state index in [9.17, 15) is 27.5 Å². The number of pyridine rings is 1. The zero-order valence-electron chi connectivity index (χ0n) is 19.5. The molecule has 3 aromatic rings. The zero-order valence-corrected chi connectivity index (χ0v) is 20.2. The van der Waals surface area contributed by atoms with Gasteiger partial charge in [-0.3, -0.25) is 4.79 Å². The largest absolute Gasteiger partial charge is 0.494 e. The van der Waals surface area contributed by atoms with E-state index in [-0.39, 0.29) is 33.3 Å². The lowest BCUT2D eigenvalue weighted by atomic mass is 9.89. The minimum atomic E-state index is -5.18. The highest BCUT2D eigenvalue weighted by molar-refractivity contribution is 6.31. The molecule has 0 aliphatic heterocycles. The molecule has 1 aromatic heterocycles. The van der Waals surface area contributed by atoms with Crippen molar-refractivity contribution < 1.29 is 41.7 Å². The summed E-state index contributed by atoms with van der Waals surface area (Å²) in [6, 6.07) is 9.82. The van der Waals surface area contributed by atoms with Crippen LogP contribution >= 0.6 is 11.6 Å². The van der Waals surface area contributed by atoms with Crippen LogP contribution < -0.4 is 14.2 Å². The first-order valence-corrected chi connectivity index (χ1v) is 10.9. The first-order valence-electron chi connectivity index (χ1n) is 10.5. The predicted octanol–water partition coefficient (Wildman–Crippen LogP) is 5.98. The molecule has 0 radical (unpaired) electrons. The Bertz CT molecular complexity index is 1270. The van der Waals surface area contributed by atoms with Crippen molar-refractivity contribution in [1.82, 2.24) is 4.98 Å². The van der Waals surface area contributed by atoms with E-state index in [0.717, 1.165) is 12.1 Å². The molecular weight excluding hydrogens is 506 g/mol. The van der Waals surface area contributed by atoms with Gasteiger partial charge in [-0.15, -0.1) is 0 Å². The van der Waals surface area contributed by atoms with Crippen molar-refractivity contribution in [3.63, 3.8) is 0 Å². The molecule has 2 aromatic carbocycles. The molecule has 1 N–H and O–H groups in total. The Morgan fingerprint density at radius 3 is 2.17 bits per heavy atom. The Hall–Kier alpha value is -3.37. The number of carbonyl (C=O) groups is 1. The molecule has 1 unspecified atom stereocenters. The number of methoxy groups -OCH3 is 3. The minimum Gasteiger partial charge on any atom is -0.494 e. The lowest BCUT2D eigenvalue weighted by Crippen LogP contribution is -2.43. The summed E-state index contributed by atoms with van der Waals surface area (Å²) < 4.78 is 71.5. The molecule has 36 heavy (non-hydrogen) atoms. The summed E-state index contributed by atoms with van der Waals surface area (Å²) in [6.07, 6.45) is -6.84. The van der Waals surface area contributed by atoms with Gasteiger partial charge in [-0.2, -0.15) is 13.2 Å². The number of hydrogen-bond acceptors (Lipinski definition) is 6. The van der Waals surface area contributed by atoms with E-state index >= 15 is 0 Å². The highest BCUT2D eigenvalue weighted by Gasteiger charge is 2.56. The number of hydrogen-bond donors (Lipinski definition) is 1. The summed E-state index contributed by atoms with van der Waals surface area (Å²) >= 11 is 5.82. The molecule has 0 spiro atoms. The Morgan fingerprint density at radius 2 is 1.58 bits per heavy atom. The van der Waals surface area contributed by atoms with Crippen LogP contribution in [0.2, 0.25) is 5.02 Å². The maximum atomic E-state index is 14.2. The van der Waals surface area contributed by atoms with Crippen molar-refractivity contribution in [3.8, 4) is 28.5 Å². The number of aromatic nitrogens is 1. The monoisotopic (exact) mass is 527 g/mol. The van der Waals surface area contributed by atoms with Crippen LogP contribution in [0.25, 0.3) is 11.3 Å². The number of halogens is 5. The fourth-order valence-corrected chi connectivity index (χ4v) is 3.74. The highest BCUT2D eigenvalue weighted by atomic mass is 35.5. The SMILES string of the molecule is COc1ccc(C(=O)CCC(O)(c2ccc(OC)c(-c3ccc(F)c(Cl)c3)n2)C(F)(F)F)cc1OC. The molecule has 3 rings (SSSR count). The van der Waals surface area contributed by atoms with Gasteiger partial charge in [0.25, 0.3) is 0 Å². The third-order valence-electron chi connectivity index (χ3n) is 5.58. The highest BCUT2D eigenvalue weighted by Crippen LogP contribution is 2.44. The summed E-state index contributed by atoms with van der Waals surface area (Å²) in [7, 11) is 4.04. The number of Topliss-reactive ketones (excluding diaryl/α,β-unsaturated/α-hetero) is 1. The number of aliphatic hydroxyl groups is 1. The molecule has 192 valence electrons. The van der Waals surface area contributed by atoms with Gasteiger partial charge in [-0.25, -0.2) is 9.37 Å². The van der Waals surface area contributed by atoms with Crippen molar-refractivity contribution >= 4 is 17.4 Å². The Labute approximate surface area is 209 Å². The van der Waals surface area contributed by atoms with Gasteiger partial charge in [0, 0.05) is 17.5 Å². The van der Waals surface area contributed by atoms with Crippen LogP contribution in [-0.2, 0) is 5.60 Å². The quantitative estimate of drug-likeness (QED) is 0.272. The van der Waals surface area contributed by atoms with Crippen LogP contribution in [0.15, 0.2) is 48.5 Å². The molecule has 0 bridgehead atoms. The van der Waals surface area contributed by atoms with E-state index < -0.39 is 41.9 Å². The van der Waals surface area contributed by atoms with Gasteiger partial charge < -0.3 is 19.3 Å². The normalized spacial score (nSPS) is 13.1. The smallest absolute Gasteiger partial charge is 0.422 e. The van der Waals surface area contributed by atoms with Crippen molar-refractivity contribution in [3.05, 3.63) is 70.6 Å². The third-order valence-corrected chi connectivity index (χ3v) is 5.87. The fourth-order valence-electron chi connectivity index (χ4n) is 3.56. The molecule has 0 amide bonds. The van der Waals surface area contributed by atoms with Gasteiger partial charge in [0.15, 0.2) is 17.3 Å². The second kappa shape index (κ2) is 10.7. The Balaban J connectivity index is 1.98. The van der Waals surface area contributed by atoms with Crippen molar-refractivity contribution in [2.24, 2.45) is 0 Å². The van der Waals surface area contributed by atoms with E-state index in [4.69, 9.17) is 25.8 Å². The van der Waals surface area contributed by atoms with E-state index in [1.54, 1.807) is 0 Å². The van der Waals surface area contributed by atoms with E-state index in [1.807, 2.05) is 0 Å². The second-order valence-corrected chi connectivity index (χ2v) is 8.13. The third kappa shape index (κ3) is 5.39. The fraction of sp³-hybridized carbons (Fsp3) is 0.280. The first-order chi connectivity index (χ1) is 16.9. The topological polar surface area (TPSA) is 77.9 Å². The van der Waals surface area contributed by atoms with E-state index in [1.165, 1.54) is 57.7 Å². The number of ketones is 1. The van der Waals surface area contributed by atoms with Gasteiger partial charge in [-0.1, -0.05) is 11.6 Å². The van der Waals surface area contributed by atoms with Crippen molar-refractivity contribution in [1.29, 1.82) is 0 Å². The van der Waals surface area contributed by atoms with Gasteiger partial charge >= 0.3 is 6.18 Å². The Kier molecular flexibility index (Phi) is 8.10. The maximum absolute atomic E-state index is 14.2. The number of ether oxygens (including phenoxy) is 3. The maximum Gasteiger partial charge on any atom is 0.422 e. The number of benzene rings is 2.